The van der Waals surface area contributed by atoms with Crippen molar-refractivity contribution in [2.45, 2.75) is 39.5 Å². The van der Waals surface area contributed by atoms with E-state index in [1.54, 1.807) is 0 Å². The Morgan fingerprint density at radius 2 is 2.23 bits per heavy atom. The van der Waals surface area contributed by atoms with Crippen molar-refractivity contribution >= 4 is 11.6 Å². The highest BCUT2D eigenvalue weighted by Gasteiger charge is 2.25. The fraction of sp³-hybridized carbons (Fsp3) is 0.455. The van der Waals surface area contributed by atoms with E-state index < -0.39 is 0 Å². The molecule has 0 amide bonds. The van der Waals surface area contributed by atoms with E-state index in [0.29, 0.717) is 18.2 Å². The normalized spacial score (nSPS) is 17.4. The molecule has 0 bridgehead atoms. The number of hydrogen-bond donors (Lipinski definition) is 1. The molecule has 30 heavy (non-hydrogen) atoms. The fourth-order valence-electron chi connectivity index (χ4n) is 3.65. The molecule has 8 heteroatoms. The lowest BCUT2D eigenvalue weighted by Gasteiger charge is -2.31. The van der Waals surface area contributed by atoms with Crippen LogP contribution in [0.2, 0.25) is 5.02 Å². The molecule has 2 aromatic heterocycles. The van der Waals surface area contributed by atoms with Gasteiger partial charge in [-0.05, 0) is 38.1 Å². The lowest BCUT2D eigenvalue weighted by Crippen LogP contribution is -2.38. The number of rotatable bonds is 8. The van der Waals surface area contributed by atoms with Gasteiger partial charge in [-0.1, -0.05) is 17.7 Å². The van der Waals surface area contributed by atoms with Crippen LogP contribution in [0.5, 0.6) is 5.75 Å². The van der Waals surface area contributed by atoms with Crippen LogP contribution in [0.25, 0.3) is 0 Å². The Hall–Kier alpha value is -2.35. The summed E-state index contributed by atoms with van der Waals surface area (Å²) in [5.41, 5.74) is 4.35. The van der Waals surface area contributed by atoms with Gasteiger partial charge in [0.25, 0.3) is 0 Å². The molecule has 3 aromatic rings. The van der Waals surface area contributed by atoms with Gasteiger partial charge in [0.15, 0.2) is 0 Å². The van der Waals surface area contributed by atoms with Crippen LogP contribution in [0, 0.1) is 6.92 Å². The van der Waals surface area contributed by atoms with E-state index >= 15 is 0 Å². The number of H-pyrrole nitrogens is 1. The fourth-order valence-corrected chi connectivity index (χ4v) is 3.83. The predicted molar refractivity (Wildman–Crippen MR) is 116 cm³/mol. The van der Waals surface area contributed by atoms with Gasteiger partial charge in [0.05, 0.1) is 24.6 Å². The molecule has 0 radical (unpaired) electrons. The van der Waals surface area contributed by atoms with E-state index in [2.05, 4.69) is 46.3 Å². The second-order valence-corrected chi connectivity index (χ2v) is 8.00. The molecule has 1 aliphatic rings. The second-order valence-electron chi connectivity index (χ2n) is 7.56. The molecular formula is C22H28ClN5O2. The Kier molecular flexibility index (Phi) is 6.72. The van der Waals surface area contributed by atoms with Crippen LogP contribution in [-0.4, -0.2) is 51.2 Å². The molecule has 0 aliphatic carbocycles. The number of nitrogens with one attached hydrogen (secondary N) is 1. The van der Waals surface area contributed by atoms with Gasteiger partial charge in [-0.25, -0.2) is 0 Å². The van der Waals surface area contributed by atoms with Crippen LogP contribution in [0.4, 0.5) is 0 Å². The lowest BCUT2D eigenvalue weighted by molar-refractivity contribution is -0.0350. The first-order chi connectivity index (χ1) is 14.6. The van der Waals surface area contributed by atoms with Crippen molar-refractivity contribution in [3.05, 3.63) is 64.2 Å². The molecule has 1 aliphatic heterocycles. The third kappa shape index (κ3) is 5.22. The van der Waals surface area contributed by atoms with Crippen molar-refractivity contribution < 1.29 is 9.47 Å². The molecule has 1 fully saturated rings. The van der Waals surface area contributed by atoms with Crippen molar-refractivity contribution in [1.82, 2.24) is 24.9 Å². The largest absolute Gasteiger partial charge is 0.493 e. The van der Waals surface area contributed by atoms with Crippen LogP contribution >= 0.6 is 11.6 Å². The van der Waals surface area contributed by atoms with E-state index in [9.17, 15) is 0 Å². The van der Waals surface area contributed by atoms with Gasteiger partial charge in [-0.3, -0.25) is 14.7 Å². The molecule has 160 valence electrons. The topological polar surface area (TPSA) is 68.2 Å². The van der Waals surface area contributed by atoms with E-state index in [-0.39, 0.29) is 6.10 Å². The van der Waals surface area contributed by atoms with Gasteiger partial charge >= 0.3 is 0 Å². The summed E-state index contributed by atoms with van der Waals surface area (Å²) in [7, 11) is 0. The summed E-state index contributed by atoms with van der Waals surface area (Å²) in [5.74, 6) is 0.773. The molecule has 1 saturated heterocycles. The molecule has 0 spiro atoms. The van der Waals surface area contributed by atoms with E-state index in [0.717, 1.165) is 55.4 Å². The molecule has 0 unspecified atom stereocenters. The summed E-state index contributed by atoms with van der Waals surface area (Å²) in [4.78, 5) is 2.41. The number of hydrogen-bond acceptors (Lipinski definition) is 5. The average Bonchev–Trinajstić information content (AvgIpc) is 3.35. The number of morpholine rings is 1. The average molecular weight is 430 g/mol. The maximum absolute atomic E-state index is 6.00. The summed E-state index contributed by atoms with van der Waals surface area (Å²) >= 11 is 5.99. The van der Waals surface area contributed by atoms with E-state index in [4.69, 9.17) is 21.1 Å². The van der Waals surface area contributed by atoms with Gasteiger partial charge in [-0.2, -0.15) is 10.2 Å². The minimum absolute atomic E-state index is 0.0286. The van der Waals surface area contributed by atoms with Gasteiger partial charge in [0.1, 0.15) is 11.9 Å². The zero-order valence-corrected chi connectivity index (χ0v) is 18.2. The molecule has 4 rings (SSSR count). The summed E-state index contributed by atoms with van der Waals surface area (Å²) in [5, 5.41) is 12.8. The number of nitrogens with zero attached hydrogens (tertiary/aromatic N) is 4. The highest BCUT2D eigenvalue weighted by molar-refractivity contribution is 6.30. The standard InChI is InChI=1S/C22H28ClN5O2/c1-3-28-14-17(16(2)26-28)13-27-8-10-30-22(15-27)21-12-19(24-25-21)7-9-29-20-6-4-5-18(23)11-20/h4-6,11-12,14,22H,3,7-10,13,15H2,1-2H3,(H,24,25)/t22-/m0/s1. The van der Waals surface area contributed by atoms with Gasteiger partial charge in [-0.15, -0.1) is 0 Å². The quantitative estimate of drug-likeness (QED) is 0.590. The maximum atomic E-state index is 6.00. The van der Waals surface area contributed by atoms with Crippen LogP contribution in [0.15, 0.2) is 36.5 Å². The van der Waals surface area contributed by atoms with Gasteiger partial charge in [0.2, 0.25) is 0 Å². The first-order valence-electron chi connectivity index (χ1n) is 10.4. The molecule has 1 aromatic carbocycles. The zero-order valence-electron chi connectivity index (χ0n) is 17.5. The van der Waals surface area contributed by atoms with Crippen molar-refractivity contribution in [3.63, 3.8) is 0 Å². The summed E-state index contributed by atoms with van der Waals surface area (Å²) < 4.78 is 13.8. The van der Waals surface area contributed by atoms with Crippen LogP contribution in [0.1, 0.15) is 35.7 Å². The zero-order chi connectivity index (χ0) is 20.9. The Morgan fingerprint density at radius 3 is 3.03 bits per heavy atom. The van der Waals surface area contributed by atoms with Crippen molar-refractivity contribution in [1.29, 1.82) is 0 Å². The van der Waals surface area contributed by atoms with E-state index in [1.165, 1.54) is 5.56 Å². The van der Waals surface area contributed by atoms with Gasteiger partial charge < -0.3 is 9.47 Å². The predicted octanol–water partition coefficient (Wildman–Crippen LogP) is 3.78. The Balaban J connectivity index is 1.30. The van der Waals surface area contributed by atoms with Crippen LogP contribution in [-0.2, 0) is 24.2 Å². The Labute approximate surface area is 181 Å². The van der Waals surface area contributed by atoms with Crippen molar-refractivity contribution in [2.75, 3.05) is 26.3 Å². The SMILES string of the molecule is CCn1cc(CN2CCO[C@H](c3cc(CCOc4cccc(Cl)c4)[nH]n3)C2)c(C)n1. The third-order valence-corrected chi connectivity index (χ3v) is 5.57. The monoisotopic (exact) mass is 429 g/mol. The number of benzene rings is 1. The third-order valence-electron chi connectivity index (χ3n) is 5.33. The first kappa shape index (κ1) is 20.9. The Bertz CT molecular complexity index is 970. The smallest absolute Gasteiger partial charge is 0.120 e. The summed E-state index contributed by atoms with van der Waals surface area (Å²) in [6.07, 6.45) is 2.86. The highest BCUT2D eigenvalue weighted by atomic mass is 35.5. The summed E-state index contributed by atoms with van der Waals surface area (Å²) in [6, 6.07) is 9.51. The number of aryl methyl sites for hydroxylation is 2. The highest BCUT2D eigenvalue weighted by Crippen LogP contribution is 2.23. The molecule has 1 N–H and O–H groups in total. The number of aromatic nitrogens is 4. The number of ether oxygens (including phenoxy) is 2. The molecule has 3 heterocycles. The molecule has 1 atom stereocenters. The molecule has 0 saturated carbocycles. The van der Waals surface area contributed by atoms with Crippen molar-refractivity contribution in [2.24, 2.45) is 0 Å². The lowest BCUT2D eigenvalue weighted by atomic mass is 10.1. The Morgan fingerprint density at radius 1 is 1.33 bits per heavy atom. The minimum Gasteiger partial charge on any atom is -0.493 e. The van der Waals surface area contributed by atoms with Crippen LogP contribution in [0.3, 0.4) is 0 Å². The maximum Gasteiger partial charge on any atom is 0.120 e. The minimum atomic E-state index is -0.0286. The van der Waals surface area contributed by atoms with Gasteiger partial charge in [0, 0.05) is 55.1 Å². The number of halogens is 1. The first-order valence-corrected chi connectivity index (χ1v) is 10.8. The van der Waals surface area contributed by atoms with Crippen LogP contribution < -0.4 is 4.74 Å². The number of aromatic amines is 1. The molecule has 7 nitrogen and oxygen atoms in total. The van der Waals surface area contributed by atoms with E-state index in [1.807, 2.05) is 28.9 Å². The summed E-state index contributed by atoms with van der Waals surface area (Å²) in [6.45, 7) is 8.95. The molecular weight excluding hydrogens is 402 g/mol. The second kappa shape index (κ2) is 9.64. The van der Waals surface area contributed by atoms with Crippen molar-refractivity contribution in [3.8, 4) is 5.75 Å².